The van der Waals surface area contributed by atoms with E-state index in [1.54, 1.807) is 19.1 Å². The van der Waals surface area contributed by atoms with Gasteiger partial charge < -0.3 is 4.74 Å². The maximum Gasteiger partial charge on any atom is 0.387 e. The number of rotatable bonds is 6. The van der Waals surface area contributed by atoms with E-state index in [0.29, 0.717) is 16.1 Å². The van der Waals surface area contributed by atoms with Gasteiger partial charge in [-0.15, -0.1) is 0 Å². The predicted octanol–water partition coefficient (Wildman–Crippen LogP) is 3.73. The standard InChI is InChI=1S/C15H14ClF2NO3S/c1-10-12(16)6-4-8-14(10)23(20,21)19-9-11-5-2-3-7-13(11)22-15(17)18/h2-8,15,19H,9H2,1H3. The minimum atomic E-state index is -3.83. The molecule has 2 rings (SSSR count). The third-order valence-corrected chi connectivity index (χ3v) is 5.10. The molecule has 0 amide bonds. The zero-order chi connectivity index (χ0) is 17.0. The van der Waals surface area contributed by atoms with Gasteiger partial charge in [-0.25, -0.2) is 13.1 Å². The fourth-order valence-electron chi connectivity index (χ4n) is 1.99. The van der Waals surface area contributed by atoms with Crippen molar-refractivity contribution in [2.24, 2.45) is 0 Å². The number of benzene rings is 2. The zero-order valence-corrected chi connectivity index (χ0v) is 13.7. The van der Waals surface area contributed by atoms with E-state index in [4.69, 9.17) is 11.6 Å². The van der Waals surface area contributed by atoms with Crippen LogP contribution in [0.1, 0.15) is 11.1 Å². The summed E-state index contributed by atoms with van der Waals surface area (Å²) in [6.07, 6.45) is 0. The molecule has 124 valence electrons. The third-order valence-electron chi connectivity index (χ3n) is 3.15. The fraction of sp³-hybridized carbons (Fsp3) is 0.200. The molecule has 2 aromatic rings. The molecule has 0 saturated heterocycles. The van der Waals surface area contributed by atoms with Crippen molar-refractivity contribution in [3.05, 3.63) is 58.6 Å². The molecular weight excluding hydrogens is 348 g/mol. The van der Waals surface area contributed by atoms with E-state index in [-0.39, 0.29) is 17.2 Å². The van der Waals surface area contributed by atoms with Gasteiger partial charge >= 0.3 is 6.61 Å². The van der Waals surface area contributed by atoms with Crippen LogP contribution >= 0.6 is 11.6 Å². The Labute approximate surface area is 138 Å². The first kappa shape index (κ1) is 17.7. The highest BCUT2D eigenvalue weighted by Gasteiger charge is 2.19. The molecule has 1 N–H and O–H groups in total. The Morgan fingerprint density at radius 1 is 1.17 bits per heavy atom. The average molecular weight is 362 g/mol. The van der Waals surface area contributed by atoms with Gasteiger partial charge in [0.25, 0.3) is 0 Å². The minimum Gasteiger partial charge on any atom is -0.434 e. The third kappa shape index (κ3) is 4.40. The Bertz CT molecular complexity index is 797. The van der Waals surface area contributed by atoms with E-state index in [9.17, 15) is 17.2 Å². The van der Waals surface area contributed by atoms with Crippen molar-refractivity contribution < 1.29 is 21.9 Å². The van der Waals surface area contributed by atoms with Crippen LogP contribution in [0.25, 0.3) is 0 Å². The van der Waals surface area contributed by atoms with Crippen LogP contribution in [0.2, 0.25) is 5.02 Å². The van der Waals surface area contributed by atoms with Crippen molar-refractivity contribution in [2.75, 3.05) is 0 Å². The first-order chi connectivity index (χ1) is 10.8. The van der Waals surface area contributed by atoms with E-state index >= 15 is 0 Å². The van der Waals surface area contributed by atoms with Crippen LogP contribution in [0.4, 0.5) is 8.78 Å². The molecule has 0 radical (unpaired) electrons. The average Bonchev–Trinajstić information content (AvgIpc) is 2.48. The van der Waals surface area contributed by atoms with Crippen LogP contribution in [0, 0.1) is 6.92 Å². The summed E-state index contributed by atoms with van der Waals surface area (Å²) in [7, 11) is -3.83. The molecule has 0 atom stereocenters. The second-order valence-corrected chi connectivity index (χ2v) is 6.82. The Hall–Kier alpha value is -1.70. The summed E-state index contributed by atoms with van der Waals surface area (Å²) in [5.74, 6) is -0.0759. The molecule has 0 aliphatic carbocycles. The van der Waals surface area contributed by atoms with Gasteiger partial charge in [0.05, 0.1) is 4.90 Å². The highest BCUT2D eigenvalue weighted by Crippen LogP contribution is 2.24. The summed E-state index contributed by atoms with van der Waals surface area (Å²) in [5, 5.41) is 0.328. The number of hydrogen-bond donors (Lipinski definition) is 1. The quantitative estimate of drug-likeness (QED) is 0.853. The molecule has 2 aromatic carbocycles. The van der Waals surface area contributed by atoms with Gasteiger partial charge in [-0.3, -0.25) is 0 Å². The highest BCUT2D eigenvalue weighted by molar-refractivity contribution is 7.89. The second-order valence-electron chi connectivity index (χ2n) is 4.67. The van der Waals surface area contributed by atoms with Gasteiger partial charge in [-0.05, 0) is 30.7 Å². The maximum atomic E-state index is 12.4. The van der Waals surface area contributed by atoms with Crippen LogP contribution in [0.3, 0.4) is 0 Å². The summed E-state index contributed by atoms with van der Waals surface area (Å²) in [5.41, 5.74) is 0.717. The first-order valence-corrected chi connectivity index (χ1v) is 8.45. The molecule has 0 bridgehead atoms. The molecule has 23 heavy (non-hydrogen) atoms. The molecule has 0 aliphatic heterocycles. The summed E-state index contributed by atoms with van der Waals surface area (Å²) in [6.45, 7) is -1.58. The van der Waals surface area contributed by atoms with Crippen LogP contribution in [-0.2, 0) is 16.6 Å². The second kappa shape index (κ2) is 7.25. The van der Waals surface area contributed by atoms with Crippen molar-refractivity contribution in [2.45, 2.75) is 25.0 Å². The predicted molar refractivity (Wildman–Crippen MR) is 83.3 cm³/mol. The van der Waals surface area contributed by atoms with Crippen LogP contribution < -0.4 is 9.46 Å². The number of alkyl halides is 2. The summed E-state index contributed by atoms with van der Waals surface area (Å²) < 4.78 is 56.2. The molecular formula is C15H14ClF2NO3S. The van der Waals surface area contributed by atoms with Crippen LogP contribution in [0.15, 0.2) is 47.4 Å². The molecule has 0 aliphatic rings. The SMILES string of the molecule is Cc1c(Cl)cccc1S(=O)(=O)NCc1ccccc1OC(F)F. The van der Waals surface area contributed by atoms with Gasteiger partial charge in [0.1, 0.15) is 5.75 Å². The molecule has 0 aromatic heterocycles. The van der Waals surface area contributed by atoms with Crippen molar-refractivity contribution in [1.29, 1.82) is 0 Å². The zero-order valence-electron chi connectivity index (χ0n) is 12.1. The topological polar surface area (TPSA) is 55.4 Å². The Balaban J connectivity index is 2.22. The fourth-order valence-corrected chi connectivity index (χ4v) is 3.49. The van der Waals surface area contributed by atoms with E-state index in [1.165, 1.54) is 30.3 Å². The Morgan fingerprint density at radius 2 is 1.87 bits per heavy atom. The lowest BCUT2D eigenvalue weighted by molar-refractivity contribution is -0.0504. The molecule has 0 heterocycles. The van der Waals surface area contributed by atoms with Crippen molar-refractivity contribution in [3.8, 4) is 5.75 Å². The van der Waals surface area contributed by atoms with E-state index < -0.39 is 16.6 Å². The largest absolute Gasteiger partial charge is 0.434 e. The van der Waals surface area contributed by atoms with Gasteiger partial charge in [0.2, 0.25) is 10.0 Å². The van der Waals surface area contributed by atoms with Gasteiger partial charge in [-0.2, -0.15) is 8.78 Å². The van der Waals surface area contributed by atoms with E-state index in [2.05, 4.69) is 9.46 Å². The minimum absolute atomic E-state index is 0.0391. The Kier molecular flexibility index (Phi) is 5.56. The van der Waals surface area contributed by atoms with Crippen LogP contribution in [0.5, 0.6) is 5.75 Å². The molecule has 0 saturated carbocycles. The summed E-state index contributed by atoms with van der Waals surface area (Å²) >= 11 is 5.92. The highest BCUT2D eigenvalue weighted by atomic mass is 35.5. The van der Waals surface area contributed by atoms with Crippen molar-refractivity contribution in [1.82, 2.24) is 4.72 Å². The lowest BCUT2D eigenvalue weighted by Gasteiger charge is -2.13. The molecule has 0 fully saturated rings. The smallest absolute Gasteiger partial charge is 0.387 e. The number of nitrogens with one attached hydrogen (secondary N) is 1. The molecule has 0 unspecified atom stereocenters. The first-order valence-electron chi connectivity index (χ1n) is 6.59. The van der Waals surface area contributed by atoms with Gasteiger partial charge in [-0.1, -0.05) is 35.9 Å². The molecule has 4 nitrogen and oxygen atoms in total. The van der Waals surface area contributed by atoms with E-state index in [1.807, 2.05) is 0 Å². The van der Waals surface area contributed by atoms with Gasteiger partial charge in [0.15, 0.2) is 0 Å². The number of halogens is 3. The monoisotopic (exact) mass is 361 g/mol. The number of sulfonamides is 1. The number of ether oxygens (including phenoxy) is 1. The summed E-state index contributed by atoms with van der Waals surface area (Å²) in [6, 6.07) is 10.5. The molecule has 8 heteroatoms. The number of hydrogen-bond acceptors (Lipinski definition) is 3. The van der Waals surface area contributed by atoms with Crippen LogP contribution in [-0.4, -0.2) is 15.0 Å². The lowest BCUT2D eigenvalue weighted by atomic mass is 10.2. The molecule has 0 spiro atoms. The van der Waals surface area contributed by atoms with Gasteiger partial charge in [0, 0.05) is 17.1 Å². The van der Waals surface area contributed by atoms with Crippen molar-refractivity contribution in [3.63, 3.8) is 0 Å². The lowest BCUT2D eigenvalue weighted by Crippen LogP contribution is -2.24. The Morgan fingerprint density at radius 3 is 2.57 bits per heavy atom. The van der Waals surface area contributed by atoms with Crippen molar-refractivity contribution >= 4 is 21.6 Å². The summed E-state index contributed by atoms with van der Waals surface area (Å²) in [4.78, 5) is 0.0391. The number of para-hydroxylation sites is 1. The normalized spacial score (nSPS) is 11.7. The maximum absolute atomic E-state index is 12.4. The van der Waals surface area contributed by atoms with E-state index in [0.717, 1.165) is 0 Å².